The summed E-state index contributed by atoms with van der Waals surface area (Å²) in [7, 11) is 0. The summed E-state index contributed by atoms with van der Waals surface area (Å²) in [6.45, 7) is 8.00. The smallest absolute Gasteiger partial charge is 0.242 e. The van der Waals surface area contributed by atoms with Crippen molar-refractivity contribution < 1.29 is 4.74 Å². The molecule has 0 unspecified atom stereocenters. The van der Waals surface area contributed by atoms with Crippen LogP contribution >= 0.6 is 0 Å². The van der Waals surface area contributed by atoms with Crippen molar-refractivity contribution in [1.82, 2.24) is 9.97 Å². The molecule has 1 aliphatic carbocycles. The monoisotopic (exact) mass is 292 g/mol. The van der Waals surface area contributed by atoms with Crippen LogP contribution in [0.4, 0.5) is 11.5 Å². The topological polar surface area (TPSA) is 64.3 Å². The lowest BCUT2D eigenvalue weighted by atomic mass is 10.1. The molecule has 1 aliphatic rings. The summed E-state index contributed by atoms with van der Waals surface area (Å²) in [5, 5.41) is 0. The molecular formula is C16H28N4O. The Morgan fingerprint density at radius 1 is 1.33 bits per heavy atom. The van der Waals surface area contributed by atoms with E-state index in [0.717, 1.165) is 18.8 Å². The summed E-state index contributed by atoms with van der Waals surface area (Å²) >= 11 is 0. The summed E-state index contributed by atoms with van der Waals surface area (Å²) in [5.74, 6) is 2.03. The van der Waals surface area contributed by atoms with Crippen LogP contribution in [0.15, 0.2) is 6.33 Å². The number of hydrogen-bond donors (Lipinski definition) is 1. The first kappa shape index (κ1) is 15.9. The molecule has 0 aromatic carbocycles. The minimum absolute atomic E-state index is 0.509. The molecule has 0 bridgehead atoms. The van der Waals surface area contributed by atoms with E-state index in [0.29, 0.717) is 30.1 Å². The van der Waals surface area contributed by atoms with Crippen molar-refractivity contribution in [2.75, 3.05) is 23.8 Å². The fourth-order valence-corrected chi connectivity index (χ4v) is 2.93. The third kappa shape index (κ3) is 3.99. The van der Waals surface area contributed by atoms with Crippen LogP contribution < -0.4 is 15.4 Å². The summed E-state index contributed by atoms with van der Waals surface area (Å²) in [6, 6.07) is 0.551. The average molecular weight is 292 g/mol. The van der Waals surface area contributed by atoms with Gasteiger partial charge in [-0.05, 0) is 32.1 Å². The first-order chi connectivity index (χ1) is 10.1. The maximum atomic E-state index is 6.25. The summed E-state index contributed by atoms with van der Waals surface area (Å²) in [4.78, 5) is 11.0. The van der Waals surface area contributed by atoms with Gasteiger partial charge in [0.05, 0.1) is 6.61 Å². The van der Waals surface area contributed by atoms with Crippen LogP contribution in [0, 0.1) is 5.92 Å². The lowest BCUT2D eigenvalue weighted by molar-refractivity contribution is 0.328. The molecule has 5 nitrogen and oxygen atoms in total. The standard InChI is InChI=1S/C16H28N4O/c1-4-21-16-14(17)15(18-11-19-16)20(10-9-12(2)3)13-7-5-6-8-13/h11-13H,4-10,17H2,1-3H3. The van der Waals surface area contributed by atoms with Crippen molar-refractivity contribution in [2.24, 2.45) is 5.92 Å². The molecule has 2 N–H and O–H groups in total. The molecule has 0 spiro atoms. The van der Waals surface area contributed by atoms with Crippen LogP contribution in [-0.4, -0.2) is 29.2 Å². The van der Waals surface area contributed by atoms with Gasteiger partial charge in [0, 0.05) is 12.6 Å². The molecule has 0 amide bonds. The van der Waals surface area contributed by atoms with Crippen molar-refractivity contribution in [3.63, 3.8) is 0 Å². The average Bonchev–Trinajstić information content (AvgIpc) is 2.97. The van der Waals surface area contributed by atoms with Crippen LogP contribution in [0.1, 0.15) is 52.9 Å². The Labute approximate surface area is 127 Å². The largest absolute Gasteiger partial charge is 0.476 e. The zero-order chi connectivity index (χ0) is 15.2. The highest BCUT2D eigenvalue weighted by Gasteiger charge is 2.26. The molecule has 0 atom stereocenters. The minimum atomic E-state index is 0.509. The van der Waals surface area contributed by atoms with E-state index in [1.54, 1.807) is 6.33 Å². The fourth-order valence-electron chi connectivity index (χ4n) is 2.93. The Balaban J connectivity index is 2.24. The number of nitrogens with two attached hydrogens (primary N) is 1. The van der Waals surface area contributed by atoms with Gasteiger partial charge in [0.2, 0.25) is 5.88 Å². The molecule has 21 heavy (non-hydrogen) atoms. The van der Waals surface area contributed by atoms with Crippen LogP contribution in [-0.2, 0) is 0 Å². The maximum absolute atomic E-state index is 6.25. The van der Waals surface area contributed by atoms with Gasteiger partial charge in [-0.2, -0.15) is 4.98 Å². The van der Waals surface area contributed by atoms with E-state index in [4.69, 9.17) is 10.5 Å². The molecule has 2 rings (SSSR count). The first-order valence-corrected chi connectivity index (χ1v) is 8.13. The molecule has 0 saturated heterocycles. The van der Waals surface area contributed by atoms with E-state index in [-0.39, 0.29) is 0 Å². The predicted octanol–water partition coefficient (Wildman–Crippen LogP) is 3.25. The zero-order valence-corrected chi connectivity index (χ0v) is 13.5. The molecule has 1 aromatic rings. The van der Waals surface area contributed by atoms with E-state index in [1.165, 1.54) is 25.7 Å². The van der Waals surface area contributed by atoms with Gasteiger partial charge < -0.3 is 15.4 Å². The molecule has 118 valence electrons. The third-order valence-corrected chi connectivity index (χ3v) is 4.09. The molecule has 5 heteroatoms. The van der Waals surface area contributed by atoms with E-state index in [9.17, 15) is 0 Å². The molecule has 0 aliphatic heterocycles. The van der Waals surface area contributed by atoms with E-state index in [2.05, 4.69) is 28.7 Å². The number of aromatic nitrogens is 2. The number of nitrogens with zero attached hydrogens (tertiary/aromatic N) is 3. The van der Waals surface area contributed by atoms with Gasteiger partial charge in [-0.3, -0.25) is 0 Å². The number of nitrogen functional groups attached to an aromatic ring is 1. The minimum Gasteiger partial charge on any atom is -0.476 e. The summed E-state index contributed by atoms with van der Waals surface area (Å²) < 4.78 is 5.51. The SMILES string of the molecule is CCOc1ncnc(N(CCC(C)C)C2CCCC2)c1N. The second kappa shape index (κ2) is 7.48. The van der Waals surface area contributed by atoms with Crippen molar-refractivity contribution >= 4 is 11.5 Å². The molecular weight excluding hydrogens is 264 g/mol. The van der Waals surface area contributed by atoms with Gasteiger partial charge >= 0.3 is 0 Å². The third-order valence-electron chi connectivity index (χ3n) is 4.09. The van der Waals surface area contributed by atoms with Crippen LogP contribution in [0.5, 0.6) is 5.88 Å². The quantitative estimate of drug-likeness (QED) is 0.835. The van der Waals surface area contributed by atoms with Gasteiger partial charge in [0.1, 0.15) is 12.0 Å². The van der Waals surface area contributed by atoms with E-state index >= 15 is 0 Å². The second-order valence-electron chi connectivity index (χ2n) is 6.16. The Morgan fingerprint density at radius 2 is 2.05 bits per heavy atom. The summed E-state index contributed by atoms with van der Waals surface area (Å²) in [5.41, 5.74) is 6.83. The molecule has 1 heterocycles. The normalized spacial score (nSPS) is 15.6. The Kier molecular flexibility index (Phi) is 5.65. The van der Waals surface area contributed by atoms with Gasteiger partial charge in [0.25, 0.3) is 0 Å². The number of rotatable bonds is 7. The van der Waals surface area contributed by atoms with Crippen molar-refractivity contribution in [3.8, 4) is 5.88 Å². The molecule has 0 radical (unpaired) electrons. The van der Waals surface area contributed by atoms with Crippen LogP contribution in [0.3, 0.4) is 0 Å². The fraction of sp³-hybridized carbons (Fsp3) is 0.750. The van der Waals surface area contributed by atoms with Crippen molar-refractivity contribution in [1.29, 1.82) is 0 Å². The highest BCUT2D eigenvalue weighted by Crippen LogP contribution is 2.34. The summed E-state index contributed by atoms with van der Waals surface area (Å²) in [6.07, 6.45) is 7.76. The first-order valence-electron chi connectivity index (χ1n) is 8.13. The van der Waals surface area contributed by atoms with E-state index in [1.807, 2.05) is 6.92 Å². The zero-order valence-electron chi connectivity index (χ0n) is 13.5. The van der Waals surface area contributed by atoms with Crippen LogP contribution in [0.25, 0.3) is 0 Å². The lowest BCUT2D eigenvalue weighted by Gasteiger charge is -2.31. The van der Waals surface area contributed by atoms with Gasteiger partial charge in [0.15, 0.2) is 5.82 Å². The maximum Gasteiger partial charge on any atom is 0.242 e. The van der Waals surface area contributed by atoms with Gasteiger partial charge in [-0.1, -0.05) is 26.7 Å². The highest BCUT2D eigenvalue weighted by molar-refractivity contribution is 5.68. The van der Waals surface area contributed by atoms with Crippen LogP contribution in [0.2, 0.25) is 0 Å². The number of hydrogen-bond acceptors (Lipinski definition) is 5. The Hall–Kier alpha value is -1.52. The van der Waals surface area contributed by atoms with Gasteiger partial charge in [-0.25, -0.2) is 4.98 Å². The highest BCUT2D eigenvalue weighted by atomic mass is 16.5. The molecule has 1 saturated carbocycles. The second-order valence-corrected chi connectivity index (χ2v) is 6.16. The Morgan fingerprint density at radius 3 is 2.67 bits per heavy atom. The molecule has 1 aromatic heterocycles. The van der Waals surface area contributed by atoms with Gasteiger partial charge in [-0.15, -0.1) is 0 Å². The molecule has 1 fully saturated rings. The van der Waals surface area contributed by atoms with Crippen molar-refractivity contribution in [3.05, 3.63) is 6.33 Å². The lowest BCUT2D eigenvalue weighted by Crippen LogP contribution is -2.36. The Bertz CT molecular complexity index is 444. The predicted molar refractivity (Wildman–Crippen MR) is 86.7 cm³/mol. The van der Waals surface area contributed by atoms with E-state index < -0.39 is 0 Å². The van der Waals surface area contributed by atoms with Crippen molar-refractivity contribution in [2.45, 2.75) is 58.9 Å². The number of ether oxygens (including phenoxy) is 1. The number of anilines is 2.